The van der Waals surface area contributed by atoms with E-state index in [2.05, 4.69) is 0 Å². The van der Waals surface area contributed by atoms with Crippen molar-refractivity contribution >= 4 is 35.6 Å². The van der Waals surface area contributed by atoms with Crippen LogP contribution in [0.15, 0.2) is 60.7 Å². The minimum absolute atomic E-state index is 0.0532. The van der Waals surface area contributed by atoms with E-state index < -0.39 is 78.2 Å². The third kappa shape index (κ3) is 8.24. The lowest BCUT2D eigenvalue weighted by Gasteiger charge is -2.43. The van der Waals surface area contributed by atoms with E-state index in [0.29, 0.717) is 5.56 Å². The summed E-state index contributed by atoms with van der Waals surface area (Å²) in [5.74, 6) is -5.31. The average molecular weight is 723 g/mol. The van der Waals surface area contributed by atoms with Crippen molar-refractivity contribution in [1.82, 2.24) is 0 Å². The summed E-state index contributed by atoms with van der Waals surface area (Å²) in [5.41, 5.74) is 0.519. The molecule has 0 radical (unpaired) electrons. The topological polar surface area (TPSA) is 206 Å². The summed E-state index contributed by atoms with van der Waals surface area (Å²) in [5, 5.41) is 10.7. The predicted molar refractivity (Wildman–Crippen MR) is 173 cm³/mol. The molecule has 0 amide bonds. The summed E-state index contributed by atoms with van der Waals surface area (Å²) in [6, 6.07) is 15.1. The summed E-state index contributed by atoms with van der Waals surface area (Å²) in [7, 11) is 2.39. The summed E-state index contributed by atoms with van der Waals surface area (Å²) < 4.78 is 50.0. The molecule has 2 heterocycles. The second kappa shape index (κ2) is 15.8. The minimum Gasteiger partial charge on any atom is -0.507 e. The zero-order valence-electron chi connectivity index (χ0n) is 28.5. The number of phenols is 1. The van der Waals surface area contributed by atoms with Crippen molar-refractivity contribution in [1.29, 1.82) is 0 Å². The van der Waals surface area contributed by atoms with Crippen LogP contribution >= 0.6 is 0 Å². The summed E-state index contributed by atoms with van der Waals surface area (Å²) >= 11 is 0. The van der Waals surface area contributed by atoms with E-state index in [4.69, 9.17) is 42.6 Å². The number of carbonyl (C=O) groups excluding carboxylic acids is 6. The van der Waals surface area contributed by atoms with Crippen LogP contribution < -0.4 is 18.9 Å². The van der Waals surface area contributed by atoms with Gasteiger partial charge >= 0.3 is 29.8 Å². The van der Waals surface area contributed by atoms with Crippen LogP contribution in [0.5, 0.6) is 28.7 Å². The first-order chi connectivity index (χ1) is 24.8. The number of hydrogen-bond acceptors (Lipinski definition) is 16. The zero-order chi connectivity index (χ0) is 37.7. The molecule has 2 aliphatic heterocycles. The molecular weight excluding hydrogens is 688 g/mol. The molecule has 3 aromatic rings. The zero-order valence-corrected chi connectivity index (χ0v) is 28.5. The minimum atomic E-state index is -1.71. The number of carbonyl (C=O) groups is 6. The van der Waals surface area contributed by atoms with Gasteiger partial charge in [0.1, 0.15) is 28.9 Å². The quantitative estimate of drug-likeness (QED) is 0.181. The lowest BCUT2D eigenvalue weighted by atomic mass is 9.95. The van der Waals surface area contributed by atoms with Gasteiger partial charge in [-0.1, -0.05) is 24.3 Å². The van der Waals surface area contributed by atoms with E-state index in [1.807, 2.05) is 0 Å². The first-order valence-electron chi connectivity index (χ1n) is 15.7. The molecule has 0 saturated carbocycles. The SMILES string of the molecule is COC(=O)[C@H]1O[C@@H](Oc2cc([C@@H]3CC(=O)c4c(O)cc(OC(=O)c5ccccc5)cc4O3)ccc2OC)[C@H](OC(C)=O)[C@@H](OC(C)=O)[C@@H]1OC(C)=O. The fourth-order valence-electron chi connectivity index (χ4n) is 5.69. The fraction of sp³-hybridized carbons (Fsp3) is 0.333. The molecule has 1 N–H and O–H groups in total. The van der Waals surface area contributed by atoms with Gasteiger partial charge in [-0.3, -0.25) is 19.2 Å². The van der Waals surface area contributed by atoms with Gasteiger partial charge in [0.05, 0.1) is 26.2 Å². The van der Waals surface area contributed by atoms with Gasteiger partial charge in [-0.25, -0.2) is 9.59 Å². The fourth-order valence-corrected chi connectivity index (χ4v) is 5.69. The molecule has 0 spiro atoms. The third-order valence-corrected chi connectivity index (χ3v) is 7.83. The Morgan fingerprint density at radius 2 is 1.44 bits per heavy atom. The Hall–Kier alpha value is -6.16. The van der Waals surface area contributed by atoms with Crippen molar-refractivity contribution in [2.24, 2.45) is 0 Å². The van der Waals surface area contributed by atoms with E-state index in [1.54, 1.807) is 36.4 Å². The highest BCUT2D eigenvalue weighted by molar-refractivity contribution is 6.03. The second-order valence-corrected chi connectivity index (χ2v) is 11.5. The van der Waals surface area contributed by atoms with Crippen LogP contribution in [0.4, 0.5) is 0 Å². The van der Waals surface area contributed by atoms with Crippen LogP contribution in [0.25, 0.3) is 0 Å². The molecule has 0 bridgehead atoms. The van der Waals surface area contributed by atoms with Crippen molar-refractivity contribution in [3.8, 4) is 28.7 Å². The number of rotatable bonds is 10. The van der Waals surface area contributed by atoms with Gasteiger partial charge < -0.3 is 47.7 Å². The summed E-state index contributed by atoms with van der Waals surface area (Å²) in [4.78, 5) is 75.2. The maximum Gasteiger partial charge on any atom is 0.343 e. The van der Waals surface area contributed by atoms with Gasteiger partial charge in [0.2, 0.25) is 12.4 Å². The van der Waals surface area contributed by atoms with Gasteiger partial charge in [0.15, 0.2) is 35.6 Å². The van der Waals surface area contributed by atoms with Crippen LogP contribution in [0.1, 0.15) is 59.6 Å². The number of benzene rings is 3. The summed E-state index contributed by atoms with van der Waals surface area (Å²) in [6.07, 6.45) is -9.40. The molecule has 0 aliphatic carbocycles. The molecule has 16 nitrogen and oxygen atoms in total. The van der Waals surface area contributed by atoms with Gasteiger partial charge in [-0.05, 0) is 29.8 Å². The Morgan fingerprint density at radius 1 is 0.788 bits per heavy atom. The van der Waals surface area contributed by atoms with Crippen molar-refractivity contribution in [2.45, 2.75) is 64.0 Å². The second-order valence-electron chi connectivity index (χ2n) is 11.5. The molecule has 3 aromatic carbocycles. The van der Waals surface area contributed by atoms with Crippen molar-refractivity contribution in [3.63, 3.8) is 0 Å². The largest absolute Gasteiger partial charge is 0.507 e. The molecule has 16 heteroatoms. The first kappa shape index (κ1) is 37.1. The number of hydrogen-bond donors (Lipinski definition) is 1. The van der Waals surface area contributed by atoms with Crippen LogP contribution in [0.2, 0.25) is 0 Å². The highest BCUT2D eigenvalue weighted by atomic mass is 16.7. The number of aromatic hydroxyl groups is 1. The Balaban J connectivity index is 1.47. The average Bonchev–Trinajstić information content (AvgIpc) is 3.09. The first-order valence-corrected chi connectivity index (χ1v) is 15.7. The van der Waals surface area contributed by atoms with Crippen LogP contribution in [-0.2, 0) is 42.9 Å². The predicted octanol–water partition coefficient (Wildman–Crippen LogP) is 3.40. The van der Waals surface area contributed by atoms with Crippen molar-refractivity contribution < 1.29 is 76.5 Å². The molecule has 6 atom stereocenters. The highest BCUT2D eigenvalue weighted by Gasteiger charge is 2.56. The number of phenolic OH excluding ortho intramolecular Hbond substituents is 1. The van der Waals surface area contributed by atoms with Crippen molar-refractivity contribution in [2.75, 3.05) is 14.2 Å². The molecule has 52 heavy (non-hydrogen) atoms. The lowest BCUT2D eigenvalue weighted by Crippen LogP contribution is -2.64. The number of esters is 5. The molecule has 1 saturated heterocycles. The van der Waals surface area contributed by atoms with E-state index >= 15 is 0 Å². The lowest BCUT2D eigenvalue weighted by molar-refractivity contribution is -0.282. The number of methoxy groups -OCH3 is 2. The van der Waals surface area contributed by atoms with E-state index in [1.165, 1.54) is 25.3 Å². The van der Waals surface area contributed by atoms with Gasteiger partial charge in [-0.2, -0.15) is 0 Å². The molecule has 274 valence electrons. The smallest absolute Gasteiger partial charge is 0.343 e. The standard InChI is InChI=1S/C36H34O16/c1-17(37)46-30-31(47-18(2)38)33(48-19(3)39)36(52-32(30)35(43)45-5)51-27-13-21(11-12-25(27)44-4)26-16-24(41)29-23(40)14-22(15-28(29)50-26)49-34(42)20-9-7-6-8-10-20/h6-15,26,30-33,36,40H,16H2,1-5H3/t26-,30-,31-,32-,33+,36+/m0/s1. The number of ether oxygens (including phenoxy) is 9. The number of Topliss-reactive ketones (excluding diaryl/α,β-unsaturated/α-hetero) is 1. The highest BCUT2D eigenvalue weighted by Crippen LogP contribution is 2.44. The molecule has 1 fully saturated rings. The summed E-state index contributed by atoms with van der Waals surface area (Å²) in [6.45, 7) is 3.17. The van der Waals surface area contributed by atoms with Crippen molar-refractivity contribution in [3.05, 3.63) is 77.4 Å². The Morgan fingerprint density at radius 3 is 2.08 bits per heavy atom. The third-order valence-electron chi connectivity index (χ3n) is 7.83. The number of fused-ring (bicyclic) bond motifs is 1. The van der Waals surface area contributed by atoms with E-state index in [9.17, 15) is 33.9 Å². The van der Waals surface area contributed by atoms with E-state index in [0.717, 1.165) is 33.9 Å². The normalized spacial score (nSPS) is 22.1. The van der Waals surface area contributed by atoms with Gasteiger partial charge in [0.25, 0.3) is 0 Å². The van der Waals surface area contributed by atoms with Crippen LogP contribution in [-0.4, -0.2) is 85.7 Å². The van der Waals surface area contributed by atoms with Gasteiger partial charge in [0, 0.05) is 32.9 Å². The maximum absolute atomic E-state index is 13.3. The van der Waals surface area contributed by atoms with Crippen LogP contribution in [0, 0.1) is 0 Å². The van der Waals surface area contributed by atoms with Crippen LogP contribution in [0.3, 0.4) is 0 Å². The monoisotopic (exact) mass is 722 g/mol. The molecular formula is C36H34O16. The Bertz CT molecular complexity index is 1870. The molecule has 0 unspecified atom stereocenters. The molecule has 5 rings (SSSR count). The maximum atomic E-state index is 13.3. The van der Waals surface area contributed by atoms with E-state index in [-0.39, 0.29) is 40.5 Å². The number of ketones is 1. The molecule has 0 aromatic heterocycles. The molecule has 2 aliphatic rings. The Kier molecular flexibility index (Phi) is 11.3. The van der Waals surface area contributed by atoms with Gasteiger partial charge in [-0.15, -0.1) is 0 Å². The Labute approximate surface area is 296 Å².